The molecular weight excluding hydrogens is 300 g/mol. The Bertz CT molecular complexity index is 665. The zero-order chi connectivity index (χ0) is 14.2. The number of thiazole rings is 1. The molecule has 0 radical (unpaired) electrons. The molecule has 0 aliphatic heterocycles. The highest BCUT2D eigenvalue weighted by molar-refractivity contribution is 7.16. The summed E-state index contributed by atoms with van der Waals surface area (Å²) in [5, 5.41) is 7.63. The van der Waals surface area contributed by atoms with E-state index in [4.69, 9.17) is 0 Å². The van der Waals surface area contributed by atoms with Gasteiger partial charge in [0, 0.05) is 11.5 Å². The van der Waals surface area contributed by atoms with Crippen LogP contribution in [0.2, 0.25) is 0 Å². The van der Waals surface area contributed by atoms with Gasteiger partial charge in [-0.2, -0.15) is 0 Å². The van der Waals surface area contributed by atoms with Gasteiger partial charge in [0.25, 0.3) is 0 Å². The van der Waals surface area contributed by atoms with Crippen LogP contribution in [0.15, 0.2) is 34.5 Å². The summed E-state index contributed by atoms with van der Waals surface area (Å²) in [6, 6.07) is 4.06. The number of nitrogens with zero attached hydrogens (tertiary/aromatic N) is 1. The molecule has 4 rings (SSSR count). The Morgan fingerprint density at radius 3 is 2.62 bits per heavy atom. The molecule has 2 fully saturated rings. The Morgan fingerprint density at radius 2 is 2.00 bits per heavy atom. The molecule has 0 spiro atoms. The highest BCUT2D eigenvalue weighted by Gasteiger charge is 2.36. The topological polar surface area (TPSA) is 42.0 Å². The van der Waals surface area contributed by atoms with Crippen LogP contribution in [0.1, 0.15) is 25.7 Å². The van der Waals surface area contributed by atoms with Gasteiger partial charge in [-0.3, -0.25) is 10.1 Å². The van der Waals surface area contributed by atoms with E-state index in [0.29, 0.717) is 17.0 Å². The van der Waals surface area contributed by atoms with E-state index in [1.54, 1.807) is 11.3 Å². The van der Waals surface area contributed by atoms with Crippen LogP contribution in [0.3, 0.4) is 0 Å². The number of rotatable bonds is 5. The fraction of sp³-hybridized carbons (Fsp3) is 0.375. The summed E-state index contributed by atoms with van der Waals surface area (Å²) in [5.41, 5.74) is 2.32. The van der Waals surface area contributed by atoms with Crippen molar-refractivity contribution in [3.8, 4) is 10.6 Å². The maximum absolute atomic E-state index is 12.2. The van der Waals surface area contributed by atoms with Gasteiger partial charge >= 0.3 is 0 Å². The monoisotopic (exact) mass is 316 g/mol. The van der Waals surface area contributed by atoms with Gasteiger partial charge in [-0.05, 0) is 49.0 Å². The van der Waals surface area contributed by atoms with E-state index < -0.39 is 0 Å². The van der Waals surface area contributed by atoms with E-state index in [1.807, 2.05) is 29.0 Å². The first-order chi connectivity index (χ1) is 10.3. The third-order valence-corrected chi connectivity index (χ3v) is 5.55. The van der Waals surface area contributed by atoms with Gasteiger partial charge in [-0.1, -0.05) is 11.6 Å². The molecule has 2 saturated carbocycles. The number of hydrogen-bond donors (Lipinski definition) is 1. The van der Waals surface area contributed by atoms with Crippen LogP contribution in [-0.2, 0) is 4.79 Å². The van der Waals surface area contributed by atoms with Gasteiger partial charge in [-0.15, -0.1) is 22.7 Å². The van der Waals surface area contributed by atoms with Gasteiger partial charge in [-0.25, -0.2) is 4.98 Å². The lowest BCUT2D eigenvalue weighted by Crippen LogP contribution is -2.09. The second kappa shape index (κ2) is 5.39. The second-order valence-electron chi connectivity index (χ2n) is 5.70. The van der Waals surface area contributed by atoms with Gasteiger partial charge in [0.1, 0.15) is 0 Å². The third-order valence-electron chi connectivity index (χ3n) is 3.90. The standard InChI is InChI=1S/C16H16N2OS2/c19-15(8-12(10-3-4-10)11-5-6-11)18-16-17-13(9-21-16)14-2-1-7-20-14/h1-2,7-11H,3-6H2,(H,17,18,19). The second-order valence-corrected chi connectivity index (χ2v) is 7.50. The van der Waals surface area contributed by atoms with Gasteiger partial charge in [0.15, 0.2) is 5.13 Å². The molecule has 5 heteroatoms. The molecular formula is C16H16N2OS2. The van der Waals surface area contributed by atoms with Crippen LogP contribution in [-0.4, -0.2) is 10.9 Å². The molecule has 0 aromatic carbocycles. The number of nitrogens with one attached hydrogen (secondary N) is 1. The summed E-state index contributed by atoms with van der Waals surface area (Å²) in [6.07, 6.45) is 6.87. The Hall–Kier alpha value is -1.46. The number of amides is 1. The van der Waals surface area contributed by atoms with Gasteiger partial charge in [0.2, 0.25) is 5.91 Å². The highest BCUT2D eigenvalue weighted by Crippen LogP contribution is 2.48. The molecule has 108 valence electrons. The highest BCUT2D eigenvalue weighted by atomic mass is 32.1. The number of anilines is 1. The fourth-order valence-corrected chi connectivity index (χ4v) is 4.04. The SMILES string of the molecule is O=C(C=C(C1CC1)C1CC1)Nc1nc(-c2cccs2)cs1. The lowest BCUT2D eigenvalue weighted by atomic mass is 10.1. The zero-order valence-electron chi connectivity index (χ0n) is 11.5. The number of carbonyl (C=O) groups excluding carboxylic acids is 1. The van der Waals surface area contributed by atoms with E-state index in [9.17, 15) is 4.79 Å². The number of allylic oxidation sites excluding steroid dienone is 1. The quantitative estimate of drug-likeness (QED) is 0.822. The normalized spacial score (nSPS) is 17.5. The molecule has 2 aromatic heterocycles. The average Bonchev–Trinajstić information content (AvgIpc) is 3.39. The molecule has 2 aliphatic rings. The summed E-state index contributed by atoms with van der Waals surface area (Å²) in [5.74, 6) is 1.35. The zero-order valence-corrected chi connectivity index (χ0v) is 13.2. The van der Waals surface area contributed by atoms with Gasteiger partial charge < -0.3 is 0 Å². The first kappa shape index (κ1) is 13.2. The minimum Gasteiger partial charge on any atom is -0.298 e. The van der Waals surface area contributed by atoms with Crippen LogP contribution in [0.25, 0.3) is 10.6 Å². The minimum absolute atomic E-state index is 0.0177. The van der Waals surface area contributed by atoms with Crippen molar-refractivity contribution in [3.63, 3.8) is 0 Å². The predicted octanol–water partition coefficient (Wildman–Crippen LogP) is 4.56. The molecule has 2 aliphatic carbocycles. The summed E-state index contributed by atoms with van der Waals surface area (Å²) >= 11 is 3.15. The molecule has 1 N–H and O–H groups in total. The van der Waals surface area contributed by atoms with Crippen molar-refractivity contribution in [2.24, 2.45) is 11.8 Å². The molecule has 0 unspecified atom stereocenters. The van der Waals surface area contributed by atoms with Crippen molar-refractivity contribution in [2.45, 2.75) is 25.7 Å². The van der Waals surface area contributed by atoms with E-state index >= 15 is 0 Å². The van der Waals surface area contributed by atoms with Crippen molar-refractivity contribution < 1.29 is 4.79 Å². The lowest BCUT2D eigenvalue weighted by molar-refractivity contribution is -0.112. The number of aromatic nitrogens is 1. The molecule has 3 nitrogen and oxygen atoms in total. The first-order valence-electron chi connectivity index (χ1n) is 7.31. The van der Waals surface area contributed by atoms with Crippen LogP contribution in [0.4, 0.5) is 5.13 Å². The van der Waals surface area contributed by atoms with E-state index in [0.717, 1.165) is 10.6 Å². The molecule has 0 bridgehead atoms. The smallest absolute Gasteiger partial charge is 0.250 e. The third kappa shape index (κ3) is 3.09. The Morgan fingerprint density at radius 1 is 1.24 bits per heavy atom. The number of thiophene rings is 1. The van der Waals surface area contributed by atoms with Crippen molar-refractivity contribution >= 4 is 33.7 Å². The lowest BCUT2D eigenvalue weighted by Gasteiger charge is -2.03. The number of carbonyl (C=O) groups is 1. The summed E-state index contributed by atoms with van der Waals surface area (Å²) in [6.45, 7) is 0. The first-order valence-corrected chi connectivity index (χ1v) is 9.07. The molecule has 21 heavy (non-hydrogen) atoms. The molecule has 2 heterocycles. The van der Waals surface area contributed by atoms with Crippen molar-refractivity contribution in [3.05, 3.63) is 34.5 Å². The molecule has 1 amide bonds. The predicted molar refractivity (Wildman–Crippen MR) is 87.6 cm³/mol. The average molecular weight is 316 g/mol. The van der Waals surface area contributed by atoms with Crippen LogP contribution >= 0.6 is 22.7 Å². The largest absolute Gasteiger partial charge is 0.298 e. The van der Waals surface area contributed by atoms with E-state index in [2.05, 4.69) is 10.3 Å². The maximum Gasteiger partial charge on any atom is 0.250 e. The molecule has 0 atom stereocenters. The van der Waals surface area contributed by atoms with Crippen molar-refractivity contribution in [2.75, 3.05) is 5.32 Å². The van der Waals surface area contributed by atoms with Crippen LogP contribution in [0, 0.1) is 11.8 Å². The summed E-state index contributed by atoms with van der Waals surface area (Å²) in [4.78, 5) is 17.8. The fourth-order valence-electron chi connectivity index (χ4n) is 2.56. The Balaban J connectivity index is 1.45. The van der Waals surface area contributed by atoms with E-state index in [1.165, 1.54) is 42.6 Å². The Kier molecular flexibility index (Phi) is 3.39. The Labute approximate surface area is 131 Å². The molecule has 2 aromatic rings. The van der Waals surface area contributed by atoms with E-state index in [-0.39, 0.29) is 5.91 Å². The van der Waals surface area contributed by atoms with Crippen LogP contribution in [0.5, 0.6) is 0 Å². The van der Waals surface area contributed by atoms with Gasteiger partial charge in [0.05, 0.1) is 10.6 Å². The van der Waals surface area contributed by atoms with Crippen molar-refractivity contribution in [1.82, 2.24) is 4.98 Å². The summed E-state index contributed by atoms with van der Waals surface area (Å²) < 4.78 is 0. The van der Waals surface area contributed by atoms with Crippen LogP contribution < -0.4 is 5.32 Å². The summed E-state index contributed by atoms with van der Waals surface area (Å²) in [7, 11) is 0. The molecule has 0 saturated heterocycles. The minimum atomic E-state index is -0.0177. The maximum atomic E-state index is 12.2. The number of hydrogen-bond acceptors (Lipinski definition) is 4. The van der Waals surface area contributed by atoms with Crippen molar-refractivity contribution in [1.29, 1.82) is 0 Å².